The Morgan fingerprint density at radius 3 is 2.79 bits per heavy atom. The van der Waals surface area contributed by atoms with Gasteiger partial charge in [-0.1, -0.05) is 19.1 Å². The molecule has 1 aromatic carbocycles. The number of para-hydroxylation sites is 1. The minimum absolute atomic E-state index is 0.189. The van der Waals surface area contributed by atoms with Crippen LogP contribution in [0.15, 0.2) is 24.3 Å². The summed E-state index contributed by atoms with van der Waals surface area (Å²) in [5, 5.41) is 2.46. The number of amides is 1. The van der Waals surface area contributed by atoms with Crippen LogP contribution in [0.5, 0.6) is 0 Å². The Labute approximate surface area is 87.1 Å². The fraction of sp³-hybridized carbons (Fsp3) is 0.300. The van der Waals surface area contributed by atoms with Gasteiger partial charge >= 0.3 is 0 Å². The van der Waals surface area contributed by atoms with Crippen molar-refractivity contribution in [2.75, 3.05) is 11.2 Å². The first kappa shape index (κ1) is 11.0. The van der Waals surface area contributed by atoms with Gasteiger partial charge in [0.15, 0.2) is 0 Å². The number of carbonyl (C=O) groups excluding carboxylic acids is 1. The summed E-state index contributed by atoms with van der Waals surface area (Å²) in [7, 11) is 0. The lowest BCUT2D eigenvalue weighted by atomic mass is 10.2. The topological polar surface area (TPSA) is 29.1 Å². The Morgan fingerprint density at radius 1 is 1.57 bits per heavy atom. The lowest BCUT2D eigenvalue weighted by Gasteiger charge is -2.09. The van der Waals surface area contributed by atoms with Crippen molar-refractivity contribution >= 4 is 23.2 Å². The molecule has 1 atom stereocenters. The van der Waals surface area contributed by atoms with E-state index in [0.717, 1.165) is 0 Å². The fourth-order valence-corrected chi connectivity index (χ4v) is 1.03. The molecule has 76 valence electrons. The SMILES string of the molecule is CC(CCl)C(=O)Nc1ccccc1F. The second-order valence-electron chi connectivity index (χ2n) is 3.02. The molecule has 0 fully saturated rings. The van der Waals surface area contributed by atoms with Gasteiger partial charge in [-0.05, 0) is 12.1 Å². The van der Waals surface area contributed by atoms with E-state index in [1.807, 2.05) is 0 Å². The average Bonchev–Trinajstić information content (AvgIpc) is 2.20. The van der Waals surface area contributed by atoms with Crippen molar-refractivity contribution < 1.29 is 9.18 Å². The highest BCUT2D eigenvalue weighted by atomic mass is 35.5. The minimum atomic E-state index is -0.442. The molecule has 0 saturated heterocycles. The van der Waals surface area contributed by atoms with Crippen LogP contribution in [-0.2, 0) is 4.79 Å². The molecule has 0 saturated carbocycles. The van der Waals surface area contributed by atoms with Crippen molar-refractivity contribution in [1.82, 2.24) is 0 Å². The van der Waals surface area contributed by atoms with Gasteiger partial charge in [0.05, 0.1) is 5.69 Å². The maximum Gasteiger partial charge on any atom is 0.228 e. The molecule has 1 unspecified atom stereocenters. The van der Waals surface area contributed by atoms with Crippen molar-refractivity contribution in [3.05, 3.63) is 30.1 Å². The second kappa shape index (κ2) is 4.96. The molecule has 14 heavy (non-hydrogen) atoms. The van der Waals surface area contributed by atoms with Gasteiger partial charge in [-0.3, -0.25) is 4.79 Å². The number of nitrogens with one attached hydrogen (secondary N) is 1. The lowest BCUT2D eigenvalue weighted by Crippen LogP contribution is -2.21. The van der Waals surface area contributed by atoms with Gasteiger partial charge in [0, 0.05) is 11.8 Å². The second-order valence-corrected chi connectivity index (χ2v) is 3.33. The maximum atomic E-state index is 13.1. The van der Waals surface area contributed by atoms with Crippen LogP contribution >= 0.6 is 11.6 Å². The van der Waals surface area contributed by atoms with E-state index in [2.05, 4.69) is 5.32 Å². The minimum Gasteiger partial charge on any atom is -0.323 e. The van der Waals surface area contributed by atoms with Crippen LogP contribution in [0.3, 0.4) is 0 Å². The van der Waals surface area contributed by atoms with Gasteiger partial charge in [-0.25, -0.2) is 4.39 Å². The van der Waals surface area contributed by atoms with Crippen molar-refractivity contribution in [2.24, 2.45) is 5.92 Å². The summed E-state index contributed by atoms with van der Waals surface area (Å²) in [6.45, 7) is 1.68. The van der Waals surface area contributed by atoms with Crippen molar-refractivity contribution in [2.45, 2.75) is 6.92 Å². The summed E-state index contributed by atoms with van der Waals surface area (Å²) in [5.41, 5.74) is 0.189. The predicted octanol–water partition coefficient (Wildman–Crippen LogP) is 2.64. The van der Waals surface area contributed by atoms with E-state index in [1.54, 1.807) is 19.1 Å². The van der Waals surface area contributed by atoms with Crippen LogP contribution in [-0.4, -0.2) is 11.8 Å². The molecule has 0 aliphatic carbocycles. The summed E-state index contributed by atoms with van der Waals surface area (Å²) < 4.78 is 13.1. The molecule has 2 nitrogen and oxygen atoms in total. The number of rotatable bonds is 3. The number of anilines is 1. The molecule has 0 aliphatic rings. The largest absolute Gasteiger partial charge is 0.323 e. The summed E-state index contributed by atoms with van der Waals surface area (Å²) in [5.74, 6) is -0.815. The predicted molar refractivity (Wildman–Crippen MR) is 54.9 cm³/mol. The van der Waals surface area contributed by atoms with Crippen molar-refractivity contribution in [3.8, 4) is 0 Å². The van der Waals surface area contributed by atoms with Crippen molar-refractivity contribution in [1.29, 1.82) is 0 Å². The van der Waals surface area contributed by atoms with Crippen LogP contribution in [0, 0.1) is 11.7 Å². The Hall–Kier alpha value is -1.09. The number of halogens is 2. The number of alkyl halides is 1. The Morgan fingerprint density at radius 2 is 2.21 bits per heavy atom. The third-order valence-electron chi connectivity index (χ3n) is 1.81. The monoisotopic (exact) mass is 215 g/mol. The summed E-state index contributed by atoms with van der Waals surface area (Å²) >= 11 is 5.50. The summed E-state index contributed by atoms with van der Waals surface area (Å²) in [6.07, 6.45) is 0. The molecule has 0 radical (unpaired) electrons. The van der Waals surface area contributed by atoms with E-state index < -0.39 is 5.82 Å². The molecule has 1 amide bonds. The quantitative estimate of drug-likeness (QED) is 0.772. The molecule has 0 aromatic heterocycles. The zero-order valence-electron chi connectivity index (χ0n) is 7.76. The lowest BCUT2D eigenvalue weighted by molar-refractivity contribution is -0.118. The first-order valence-electron chi connectivity index (χ1n) is 4.26. The average molecular weight is 216 g/mol. The molecule has 4 heteroatoms. The Bertz CT molecular complexity index is 330. The van der Waals surface area contributed by atoms with Gasteiger partial charge < -0.3 is 5.32 Å². The van der Waals surface area contributed by atoms with E-state index in [4.69, 9.17) is 11.6 Å². The Kier molecular flexibility index (Phi) is 3.89. The Balaban J connectivity index is 2.70. The number of benzene rings is 1. The highest BCUT2D eigenvalue weighted by Gasteiger charge is 2.12. The standard InChI is InChI=1S/C10H11ClFNO/c1-7(6-11)10(14)13-9-5-3-2-4-8(9)12/h2-5,7H,6H2,1H3,(H,13,14). The third-order valence-corrected chi connectivity index (χ3v) is 2.27. The first-order valence-corrected chi connectivity index (χ1v) is 4.80. The summed E-state index contributed by atoms with van der Waals surface area (Å²) in [6, 6.07) is 6.02. The van der Waals surface area contributed by atoms with E-state index >= 15 is 0 Å². The van der Waals surface area contributed by atoms with E-state index in [-0.39, 0.29) is 23.4 Å². The molecule has 0 heterocycles. The van der Waals surface area contributed by atoms with Gasteiger partial charge in [0.2, 0.25) is 5.91 Å². The van der Waals surface area contributed by atoms with E-state index in [9.17, 15) is 9.18 Å². The molecule has 0 bridgehead atoms. The molecular weight excluding hydrogens is 205 g/mol. The van der Waals surface area contributed by atoms with Crippen LogP contribution in [0.25, 0.3) is 0 Å². The highest BCUT2D eigenvalue weighted by Crippen LogP contribution is 2.13. The van der Waals surface area contributed by atoms with Crippen LogP contribution < -0.4 is 5.32 Å². The number of hydrogen-bond acceptors (Lipinski definition) is 1. The molecular formula is C10H11ClFNO. The molecule has 0 aliphatic heterocycles. The van der Waals surface area contributed by atoms with Gasteiger partial charge in [0.25, 0.3) is 0 Å². The molecule has 1 aromatic rings. The first-order chi connectivity index (χ1) is 6.65. The van der Waals surface area contributed by atoms with Crippen LogP contribution in [0.1, 0.15) is 6.92 Å². The van der Waals surface area contributed by atoms with Gasteiger partial charge in [-0.15, -0.1) is 11.6 Å². The van der Waals surface area contributed by atoms with E-state index in [0.29, 0.717) is 0 Å². The zero-order chi connectivity index (χ0) is 10.6. The van der Waals surface area contributed by atoms with Crippen molar-refractivity contribution in [3.63, 3.8) is 0 Å². The number of carbonyl (C=O) groups is 1. The normalized spacial score (nSPS) is 12.2. The smallest absolute Gasteiger partial charge is 0.228 e. The maximum absolute atomic E-state index is 13.1. The van der Waals surface area contributed by atoms with Crippen LogP contribution in [0.4, 0.5) is 10.1 Å². The van der Waals surface area contributed by atoms with Crippen LogP contribution in [0.2, 0.25) is 0 Å². The molecule has 1 N–H and O–H groups in total. The highest BCUT2D eigenvalue weighted by molar-refractivity contribution is 6.19. The zero-order valence-corrected chi connectivity index (χ0v) is 8.51. The fourth-order valence-electron chi connectivity index (χ4n) is 0.889. The van der Waals surface area contributed by atoms with Gasteiger partial charge in [0.1, 0.15) is 5.82 Å². The van der Waals surface area contributed by atoms with E-state index in [1.165, 1.54) is 12.1 Å². The summed E-state index contributed by atoms with van der Waals surface area (Å²) in [4.78, 5) is 11.3. The van der Waals surface area contributed by atoms with Gasteiger partial charge in [-0.2, -0.15) is 0 Å². The third kappa shape index (κ3) is 2.70. The number of hydrogen-bond donors (Lipinski definition) is 1. The molecule has 1 rings (SSSR count). The molecule has 0 spiro atoms.